The number of nitrogens with one attached hydrogen (secondary N) is 1. The Morgan fingerprint density at radius 3 is 2.82 bits per heavy atom. The van der Waals surface area contributed by atoms with Crippen molar-refractivity contribution in [2.45, 2.75) is 25.3 Å². The van der Waals surface area contributed by atoms with E-state index in [1.807, 2.05) is 0 Å². The lowest BCUT2D eigenvalue weighted by Crippen LogP contribution is -2.54. The number of nitrogens with zero attached hydrogens (tertiary/aromatic N) is 1. The van der Waals surface area contributed by atoms with Gasteiger partial charge in [0.1, 0.15) is 0 Å². The molecule has 0 saturated carbocycles. The van der Waals surface area contributed by atoms with Crippen LogP contribution in [0.1, 0.15) is 29.1 Å². The van der Waals surface area contributed by atoms with Crippen LogP contribution in [-0.2, 0) is 4.74 Å². The van der Waals surface area contributed by atoms with Crippen molar-refractivity contribution in [2.75, 3.05) is 19.8 Å². The maximum Gasteiger partial charge on any atom is 0.290 e. The van der Waals surface area contributed by atoms with E-state index in [4.69, 9.17) is 9.26 Å². The quantitative estimate of drug-likeness (QED) is 0.791. The molecule has 0 aromatic carbocycles. The summed E-state index contributed by atoms with van der Waals surface area (Å²) in [4.78, 5) is 11.9. The monoisotopic (exact) mass is 240 g/mol. The third kappa shape index (κ3) is 2.65. The van der Waals surface area contributed by atoms with E-state index in [9.17, 15) is 9.90 Å². The van der Waals surface area contributed by atoms with Gasteiger partial charge in [-0.05, 0) is 19.8 Å². The van der Waals surface area contributed by atoms with Gasteiger partial charge in [-0.25, -0.2) is 0 Å². The SMILES string of the molecule is Cc1cc(C(=O)NC2(CO)CCOCC2)on1. The molecule has 0 aliphatic carbocycles. The van der Waals surface area contributed by atoms with Crippen LogP contribution in [0.25, 0.3) is 0 Å². The minimum Gasteiger partial charge on any atom is -0.394 e. The topological polar surface area (TPSA) is 84.6 Å². The van der Waals surface area contributed by atoms with Gasteiger partial charge in [-0.15, -0.1) is 0 Å². The van der Waals surface area contributed by atoms with Gasteiger partial charge >= 0.3 is 0 Å². The Bertz CT molecular complexity index is 396. The second-order valence-electron chi connectivity index (χ2n) is 4.34. The van der Waals surface area contributed by atoms with Gasteiger partial charge in [0.15, 0.2) is 0 Å². The van der Waals surface area contributed by atoms with Gasteiger partial charge in [0.2, 0.25) is 5.76 Å². The van der Waals surface area contributed by atoms with E-state index >= 15 is 0 Å². The second-order valence-corrected chi connectivity index (χ2v) is 4.34. The molecule has 6 heteroatoms. The van der Waals surface area contributed by atoms with Gasteiger partial charge in [0, 0.05) is 19.3 Å². The molecular formula is C11H16N2O4. The third-order valence-electron chi connectivity index (χ3n) is 2.98. The summed E-state index contributed by atoms with van der Waals surface area (Å²) in [7, 11) is 0. The third-order valence-corrected chi connectivity index (χ3v) is 2.98. The zero-order chi connectivity index (χ0) is 12.3. The van der Waals surface area contributed by atoms with Crippen LogP contribution in [0.3, 0.4) is 0 Å². The largest absolute Gasteiger partial charge is 0.394 e. The van der Waals surface area contributed by atoms with E-state index in [0.29, 0.717) is 31.7 Å². The fourth-order valence-electron chi connectivity index (χ4n) is 1.86. The van der Waals surface area contributed by atoms with Crippen LogP contribution in [0.2, 0.25) is 0 Å². The van der Waals surface area contributed by atoms with Crippen LogP contribution in [0, 0.1) is 6.92 Å². The molecule has 94 valence electrons. The predicted molar refractivity (Wildman–Crippen MR) is 58.6 cm³/mol. The number of aliphatic hydroxyl groups excluding tert-OH is 1. The Kier molecular flexibility index (Phi) is 3.44. The highest BCUT2D eigenvalue weighted by Gasteiger charge is 2.34. The molecule has 1 aromatic heterocycles. The first kappa shape index (κ1) is 12.1. The summed E-state index contributed by atoms with van der Waals surface area (Å²) < 4.78 is 10.1. The lowest BCUT2D eigenvalue weighted by atomic mass is 9.91. The van der Waals surface area contributed by atoms with Gasteiger partial charge in [0.25, 0.3) is 5.91 Å². The molecule has 1 aliphatic rings. The van der Waals surface area contributed by atoms with Gasteiger partial charge in [-0.2, -0.15) is 0 Å². The van der Waals surface area contributed by atoms with Crippen molar-refractivity contribution in [3.05, 3.63) is 17.5 Å². The maximum absolute atomic E-state index is 11.9. The summed E-state index contributed by atoms with van der Waals surface area (Å²) in [5.41, 5.74) is 0.0518. The highest BCUT2D eigenvalue weighted by Crippen LogP contribution is 2.20. The molecule has 2 N–H and O–H groups in total. The molecule has 17 heavy (non-hydrogen) atoms. The van der Waals surface area contributed by atoms with Crippen LogP contribution >= 0.6 is 0 Å². The van der Waals surface area contributed by atoms with E-state index in [2.05, 4.69) is 10.5 Å². The molecule has 1 saturated heterocycles. The maximum atomic E-state index is 11.9. The lowest BCUT2D eigenvalue weighted by Gasteiger charge is -2.35. The van der Waals surface area contributed by atoms with E-state index in [-0.39, 0.29) is 18.3 Å². The fourth-order valence-corrected chi connectivity index (χ4v) is 1.86. The number of amides is 1. The van der Waals surface area contributed by atoms with E-state index < -0.39 is 5.54 Å². The first-order valence-corrected chi connectivity index (χ1v) is 5.60. The molecular weight excluding hydrogens is 224 g/mol. The number of carbonyl (C=O) groups excluding carboxylic acids is 1. The standard InChI is InChI=1S/C11H16N2O4/c1-8-6-9(17-13-8)10(15)12-11(7-14)2-4-16-5-3-11/h6,14H,2-5,7H2,1H3,(H,12,15). The van der Waals surface area contributed by atoms with Crippen LogP contribution in [0.4, 0.5) is 0 Å². The Hall–Kier alpha value is -1.40. The van der Waals surface area contributed by atoms with Gasteiger partial charge in [-0.3, -0.25) is 4.79 Å². The van der Waals surface area contributed by atoms with Gasteiger partial charge < -0.3 is 19.7 Å². The number of ether oxygens (including phenoxy) is 1. The number of aromatic nitrogens is 1. The minimum atomic E-state index is -0.601. The normalized spacial score (nSPS) is 18.9. The van der Waals surface area contributed by atoms with E-state index in [1.54, 1.807) is 13.0 Å². The summed E-state index contributed by atoms with van der Waals surface area (Å²) in [6.07, 6.45) is 1.20. The second kappa shape index (κ2) is 4.85. The van der Waals surface area contributed by atoms with Gasteiger partial charge in [-0.1, -0.05) is 5.16 Å². The molecule has 0 spiro atoms. The molecule has 0 unspecified atom stereocenters. The van der Waals surface area contributed by atoms with Crippen LogP contribution in [-0.4, -0.2) is 41.5 Å². The Labute approximate surface area is 98.9 Å². The highest BCUT2D eigenvalue weighted by molar-refractivity contribution is 5.92. The van der Waals surface area contributed by atoms with Crippen molar-refractivity contribution in [2.24, 2.45) is 0 Å². The van der Waals surface area contributed by atoms with Crippen molar-refractivity contribution in [3.8, 4) is 0 Å². The van der Waals surface area contributed by atoms with E-state index in [1.165, 1.54) is 0 Å². The summed E-state index contributed by atoms with van der Waals surface area (Å²) in [5.74, 6) is -0.177. The molecule has 0 bridgehead atoms. The number of rotatable bonds is 3. The van der Waals surface area contributed by atoms with Crippen LogP contribution in [0.15, 0.2) is 10.6 Å². The molecule has 1 aliphatic heterocycles. The summed E-state index contributed by atoms with van der Waals surface area (Å²) in [6.45, 7) is 2.72. The smallest absolute Gasteiger partial charge is 0.290 e. The lowest BCUT2D eigenvalue weighted by molar-refractivity contribution is 0.0118. The van der Waals surface area contributed by atoms with Crippen molar-refractivity contribution in [3.63, 3.8) is 0 Å². The fraction of sp³-hybridized carbons (Fsp3) is 0.636. The highest BCUT2D eigenvalue weighted by atomic mass is 16.5. The van der Waals surface area contributed by atoms with Crippen molar-refractivity contribution < 1.29 is 19.2 Å². The Morgan fingerprint density at radius 2 is 2.29 bits per heavy atom. The van der Waals surface area contributed by atoms with Crippen molar-refractivity contribution in [1.82, 2.24) is 10.5 Å². The van der Waals surface area contributed by atoms with Crippen molar-refractivity contribution in [1.29, 1.82) is 0 Å². The summed E-state index contributed by atoms with van der Waals surface area (Å²) in [6, 6.07) is 1.57. The van der Waals surface area contributed by atoms with Crippen molar-refractivity contribution >= 4 is 5.91 Å². The van der Waals surface area contributed by atoms with Crippen LogP contribution < -0.4 is 5.32 Å². The number of carbonyl (C=O) groups is 1. The average molecular weight is 240 g/mol. The summed E-state index contributed by atoms with van der Waals surface area (Å²) >= 11 is 0. The molecule has 2 rings (SSSR count). The number of aliphatic hydroxyl groups is 1. The number of aryl methyl sites for hydroxylation is 1. The molecule has 6 nitrogen and oxygen atoms in total. The van der Waals surface area contributed by atoms with Gasteiger partial charge in [0.05, 0.1) is 17.8 Å². The molecule has 1 fully saturated rings. The zero-order valence-corrected chi connectivity index (χ0v) is 9.73. The molecule has 1 aromatic rings. The molecule has 0 radical (unpaired) electrons. The van der Waals surface area contributed by atoms with E-state index in [0.717, 1.165) is 0 Å². The number of hydrogen-bond donors (Lipinski definition) is 2. The minimum absolute atomic E-state index is 0.102. The number of hydrogen-bond acceptors (Lipinski definition) is 5. The molecule has 0 atom stereocenters. The zero-order valence-electron chi connectivity index (χ0n) is 9.73. The first-order valence-electron chi connectivity index (χ1n) is 5.60. The Morgan fingerprint density at radius 1 is 1.59 bits per heavy atom. The summed E-state index contributed by atoms with van der Waals surface area (Å²) in [5, 5.41) is 15.9. The average Bonchev–Trinajstić information content (AvgIpc) is 2.77. The predicted octanol–water partition coefficient (Wildman–Crippen LogP) is 0.254. The first-order chi connectivity index (χ1) is 8.15. The van der Waals surface area contributed by atoms with Crippen LogP contribution in [0.5, 0.6) is 0 Å². The molecule has 1 amide bonds. The Balaban J connectivity index is 2.05. The molecule has 2 heterocycles.